The van der Waals surface area contributed by atoms with Crippen LogP contribution in [0.5, 0.6) is 0 Å². The molecule has 1 aromatic heterocycles. The number of nitrogens with zero attached hydrogens (tertiary/aromatic N) is 1. The first-order chi connectivity index (χ1) is 8.54. The van der Waals surface area contributed by atoms with Crippen LogP contribution in [0, 0.1) is 0 Å². The molecule has 6 heteroatoms. The van der Waals surface area contributed by atoms with Crippen molar-refractivity contribution in [1.29, 1.82) is 0 Å². The van der Waals surface area contributed by atoms with Crippen LogP contribution in [0.4, 0.5) is 5.69 Å². The number of fused-ring (bicyclic) bond motifs is 1. The molecule has 2 rings (SSSR count). The lowest BCUT2D eigenvalue weighted by Crippen LogP contribution is -2.42. The minimum Gasteiger partial charge on any atom is -0.465 e. The molecule has 1 amide bonds. The summed E-state index contributed by atoms with van der Waals surface area (Å²) in [5.74, 6) is -0.381. The van der Waals surface area contributed by atoms with Gasteiger partial charge in [-0.1, -0.05) is 0 Å². The molecule has 1 aliphatic heterocycles. The summed E-state index contributed by atoms with van der Waals surface area (Å²) in [4.78, 5) is 25.8. The smallest absolute Gasteiger partial charge is 0.350 e. The summed E-state index contributed by atoms with van der Waals surface area (Å²) in [7, 11) is 1.34. The Morgan fingerprint density at radius 2 is 2.33 bits per heavy atom. The van der Waals surface area contributed by atoms with Crippen molar-refractivity contribution in [3.8, 4) is 0 Å². The molecule has 1 aromatic rings. The monoisotopic (exact) mass is 268 g/mol. The van der Waals surface area contributed by atoms with E-state index < -0.39 is 5.97 Å². The SMILES string of the molecule is COC(=O)c1scc2c1N(C[C@H](C)N)C(=O)CC2. The summed E-state index contributed by atoms with van der Waals surface area (Å²) < 4.78 is 4.75. The van der Waals surface area contributed by atoms with Crippen molar-refractivity contribution < 1.29 is 14.3 Å². The number of amides is 1. The number of carbonyl (C=O) groups is 2. The van der Waals surface area contributed by atoms with E-state index in [-0.39, 0.29) is 11.9 Å². The average molecular weight is 268 g/mol. The number of hydrogen-bond donors (Lipinski definition) is 1. The van der Waals surface area contributed by atoms with Crippen LogP contribution in [0.3, 0.4) is 0 Å². The van der Waals surface area contributed by atoms with Gasteiger partial charge in [0.1, 0.15) is 4.88 Å². The van der Waals surface area contributed by atoms with Crippen LogP contribution in [-0.2, 0) is 16.0 Å². The molecule has 1 atom stereocenters. The van der Waals surface area contributed by atoms with Crippen molar-refractivity contribution in [2.24, 2.45) is 5.73 Å². The molecular weight excluding hydrogens is 252 g/mol. The molecule has 0 unspecified atom stereocenters. The third kappa shape index (κ3) is 2.26. The van der Waals surface area contributed by atoms with Crippen LogP contribution < -0.4 is 10.6 Å². The van der Waals surface area contributed by atoms with E-state index in [1.54, 1.807) is 4.90 Å². The summed E-state index contributed by atoms with van der Waals surface area (Å²) >= 11 is 1.32. The Morgan fingerprint density at radius 1 is 1.61 bits per heavy atom. The standard InChI is InChI=1S/C12H16N2O3S/c1-7(13)5-14-9(15)4-3-8-6-18-11(10(8)14)12(16)17-2/h6-7H,3-5,13H2,1-2H3/t7-/m0/s1. The number of methoxy groups -OCH3 is 1. The van der Waals surface area contributed by atoms with Gasteiger partial charge in [0.05, 0.1) is 12.8 Å². The van der Waals surface area contributed by atoms with Crippen molar-refractivity contribution >= 4 is 28.9 Å². The molecule has 98 valence electrons. The van der Waals surface area contributed by atoms with Gasteiger partial charge in [0.15, 0.2) is 0 Å². The van der Waals surface area contributed by atoms with E-state index in [4.69, 9.17) is 10.5 Å². The summed E-state index contributed by atoms with van der Waals surface area (Å²) in [6.45, 7) is 2.26. The Hall–Kier alpha value is -1.40. The van der Waals surface area contributed by atoms with E-state index in [2.05, 4.69) is 0 Å². The van der Waals surface area contributed by atoms with E-state index in [0.29, 0.717) is 30.0 Å². The van der Waals surface area contributed by atoms with Gasteiger partial charge in [0, 0.05) is 19.0 Å². The van der Waals surface area contributed by atoms with Gasteiger partial charge >= 0.3 is 5.97 Å². The van der Waals surface area contributed by atoms with E-state index in [9.17, 15) is 9.59 Å². The highest BCUT2D eigenvalue weighted by molar-refractivity contribution is 7.12. The number of thiophene rings is 1. The molecule has 0 bridgehead atoms. The molecule has 5 nitrogen and oxygen atoms in total. The lowest BCUT2D eigenvalue weighted by molar-refractivity contribution is -0.118. The van der Waals surface area contributed by atoms with Gasteiger partial charge in [-0.15, -0.1) is 11.3 Å². The van der Waals surface area contributed by atoms with Crippen LogP contribution in [0.1, 0.15) is 28.6 Å². The van der Waals surface area contributed by atoms with Gasteiger partial charge in [-0.2, -0.15) is 0 Å². The average Bonchev–Trinajstić information content (AvgIpc) is 2.75. The minimum atomic E-state index is -0.398. The third-order valence-electron chi connectivity index (χ3n) is 2.86. The second kappa shape index (κ2) is 5.07. The Kier molecular flexibility index (Phi) is 3.68. The number of aryl methyl sites for hydroxylation is 1. The zero-order chi connectivity index (χ0) is 13.3. The zero-order valence-corrected chi connectivity index (χ0v) is 11.3. The first-order valence-corrected chi connectivity index (χ1v) is 6.67. The predicted octanol–water partition coefficient (Wildman–Crippen LogP) is 1.16. The maximum absolute atomic E-state index is 12.0. The van der Waals surface area contributed by atoms with Gasteiger partial charge in [0.25, 0.3) is 0 Å². The van der Waals surface area contributed by atoms with E-state index in [0.717, 1.165) is 5.56 Å². The number of nitrogens with two attached hydrogens (primary N) is 1. The Morgan fingerprint density at radius 3 is 2.94 bits per heavy atom. The van der Waals surface area contributed by atoms with E-state index in [1.807, 2.05) is 12.3 Å². The lowest BCUT2D eigenvalue weighted by atomic mass is 10.0. The fraction of sp³-hybridized carbons (Fsp3) is 0.500. The maximum atomic E-state index is 12.0. The van der Waals surface area contributed by atoms with Crippen molar-refractivity contribution in [2.75, 3.05) is 18.6 Å². The topological polar surface area (TPSA) is 72.6 Å². The highest BCUT2D eigenvalue weighted by Crippen LogP contribution is 2.36. The molecule has 0 spiro atoms. The fourth-order valence-electron chi connectivity index (χ4n) is 2.08. The van der Waals surface area contributed by atoms with Gasteiger partial charge in [-0.3, -0.25) is 4.79 Å². The van der Waals surface area contributed by atoms with E-state index in [1.165, 1.54) is 18.4 Å². The molecule has 0 aromatic carbocycles. The summed E-state index contributed by atoms with van der Waals surface area (Å²) in [6, 6.07) is -0.134. The third-order valence-corrected chi connectivity index (χ3v) is 3.86. The molecular formula is C12H16N2O3S. The van der Waals surface area contributed by atoms with Crippen molar-refractivity contribution in [3.05, 3.63) is 15.8 Å². The molecule has 0 saturated heterocycles. The molecule has 0 saturated carbocycles. The van der Waals surface area contributed by atoms with Crippen LogP contribution in [0.25, 0.3) is 0 Å². The second-order valence-electron chi connectivity index (χ2n) is 4.41. The number of rotatable bonds is 3. The largest absolute Gasteiger partial charge is 0.465 e. The number of ether oxygens (including phenoxy) is 1. The number of carbonyl (C=O) groups excluding carboxylic acids is 2. The highest BCUT2D eigenvalue weighted by Gasteiger charge is 2.31. The molecule has 1 aliphatic rings. The number of anilines is 1. The minimum absolute atomic E-state index is 0.0170. The zero-order valence-electron chi connectivity index (χ0n) is 10.4. The molecule has 0 fully saturated rings. The molecule has 18 heavy (non-hydrogen) atoms. The van der Waals surface area contributed by atoms with Crippen LogP contribution in [0.2, 0.25) is 0 Å². The Balaban J connectivity index is 2.43. The molecule has 2 heterocycles. The van der Waals surface area contributed by atoms with Gasteiger partial charge in [-0.25, -0.2) is 4.79 Å². The fourth-order valence-corrected chi connectivity index (χ4v) is 3.10. The lowest BCUT2D eigenvalue weighted by Gasteiger charge is -2.29. The van der Waals surface area contributed by atoms with Crippen molar-refractivity contribution in [1.82, 2.24) is 0 Å². The normalized spacial score (nSPS) is 16.4. The first kappa shape index (κ1) is 13.0. The molecule has 0 aliphatic carbocycles. The van der Waals surface area contributed by atoms with Crippen molar-refractivity contribution in [2.45, 2.75) is 25.8 Å². The van der Waals surface area contributed by atoms with Gasteiger partial charge in [-0.05, 0) is 24.3 Å². The quantitative estimate of drug-likeness (QED) is 0.835. The summed E-state index contributed by atoms with van der Waals surface area (Å²) in [5.41, 5.74) is 7.49. The molecule has 0 radical (unpaired) electrons. The maximum Gasteiger partial charge on any atom is 0.350 e. The Bertz CT molecular complexity index is 482. The van der Waals surface area contributed by atoms with Crippen LogP contribution >= 0.6 is 11.3 Å². The Labute approximate surface area is 110 Å². The second-order valence-corrected chi connectivity index (χ2v) is 5.29. The first-order valence-electron chi connectivity index (χ1n) is 5.79. The van der Waals surface area contributed by atoms with Gasteiger partial charge < -0.3 is 15.4 Å². The van der Waals surface area contributed by atoms with Gasteiger partial charge in [0.2, 0.25) is 5.91 Å². The predicted molar refractivity (Wildman–Crippen MR) is 70.0 cm³/mol. The highest BCUT2D eigenvalue weighted by atomic mass is 32.1. The number of hydrogen-bond acceptors (Lipinski definition) is 5. The number of esters is 1. The van der Waals surface area contributed by atoms with Crippen LogP contribution in [-0.4, -0.2) is 31.6 Å². The summed E-state index contributed by atoms with van der Waals surface area (Å²) in [5, 5.41) is 1.92. The van der Waals surface area contributed by atoms with Crippen molar-refractivity contribution in [3.63, 3.8) is 0 Å². The van der Waals surface area contributed by atoms with E-state index >= 15 is 0 Å². The van der Waals surface area contributed by atoms with Crippen LogP contribution in [0.15, 0.2) is 5.38 Å². The molecule has 2 N–H and O–H groups in total. The summed E-state index contributed by atoms with van der Waals surface area (Å²) in [6.07, 6.45) is 1.15.